The van der Waals surface area contributed by atoms with Gasteiger partial charge in [0, 0.05) is 17.5 Å². The van der Waals surface area contributed by atoms with Crippen LogP contribution in [0.25, 0.3) is 0 Å². The molecule has 0 saturated heterocycles. The molecule has 4 heteroatoms. The molecule has 4 saturated carbocycles. The zero-order chi connectivity index (χ0) is 15.0. The van der Waals surface area contributed by atoms with Gasteiger partial charge in [-0.3, -0.25) is 9.78 Å². The number of carbonyl (C=O) groups excluding carboxylic acids is 1. The van der Waals surface area contributed by atoms with Gasteiger partial charge in [-0.05, 0) is 68.4 Å². The van der Waals surface area contributed by atoms with Crippen molar-refractivity contribution < 1.29 is 4.79 Å². The zero-order valence-electron chi connectivity index (χ0n) is 13.0. The van der Waals surface area contributed by atoms with Crippen LogP contribution >= 0.6 is 11.8 Å². The normalized spacial score (nSPS) is 35.5. The van der Waals surface area contributed by atoms with E-state index in [0.717, 1.165) is 29.2 Å². The van der Waals surface area contributed by atoms with E-state index in [1.54, 1.807) is 11.8 Å². The number of hydrogen-bond acceptors (Lipinski definition) is 3. The van der Waals surface area contributed by atoms with Crippen molar-refractivity contribution in [3.63, 3.8) is 0 Å². The highest BCUT2D eigenvalue weighted by atomic mass is 32.2. The van der Waals surface area contributed by atoms with E-state index in [-0.39, 0.29) is 11.4 Å². The maximum atomic E-state index is 12.4. The Hall–Kier alpha value is -1.03. The van der Waals surface area contributed by atoms with E-state index in [1.807, 2.05) is 24.4 Å². The van der Waals surface area contributed by atoms with Gasteiger partial charge in [0.15, 0.2) is 0 Å². The summed E-state index contributed by atoms with van der Waals surface area (Å²) in [7, 11) is 0. The highest BCUT2D eigenvalue weighted by molar-refractivity contribution is 7.99. The van der Waals surface area contributed by atoms with Gasteiger partial charge in [-0.2, -0.15) is 0 Å². The van der Waals surface area contributed by atoms with Gasteiger partial charge in [0.05, 0.1) is 11.4 Å². The van der Waals surface area contributed by atoms with Crippen molar-refractivity contribution in [2.45, 2.75) is 49.8 Å². The highest BCUT2D eigenvalue weighted by Gasteiger charge is 2.51. The topological polar surface area (TPSA) is 42.0 Å². The van der Waals surface area contributed by atoms with Crippen LogP contribution in [-0.4, -0.2) is 22.2 Å². The van der Waals surface area contributed by atoms with Crippen molar-refractivity contribution in [3.8, 4) is 0 Å². The minimum atomic E-state index is 0.150. The molecule has 0 aliphatic heterocycles. The van der Waals surface area contributed by atoms with E-state index < -0.39 is 0 Å². The third-order valence-electron chi connectivity index (χ3n) is 5.65. The third kappa shape index (κ3) is 3.03. The lowest BCUT2D eigenvalue weighted by Gasteiger charge is -2.56. The molecular formula is C18H24N2OS. The second-order valence-electron chi connectivity index (χ2n) is 7.56. The summed E-state index contributed by atoms with van der Waals surface area (Å²) in [6, 6.07) is 5.94. The van der Waals surface area contributed by atoms with Gasteiger partial charge in [0.25, 0.3) is 0 Å². The van der Waals surface area contributed by atoms with Gasteiger partial charge in [-0.1, -0.05) is 6.07 Å². The number of aromatic nitrogens is 1. The van der Waals surface area contributed by atoms with Gasteiger partial charge in [0.1, 0.15) is 0 Å². The first-order chi connectivity index (χ1) is 10.7. The Morgan fingerprint density at radius 3 is 2.45 bits per heavy atom. The maximum Gasteiger partial charge on any atom is 0.230 e. The molecule has 5 rings (SSSR count). The van der Waals surface area contributed by atoms with Crippen molar-refractivity contribution >= 4 is 17.7 Å². The van der Waals surface area contributed by atoms with E-state index in [4.69, 9.17) is 0 Å². The summed E-state index contributed by atoms with van der Waals surface area (Å²) in [6.07, 6.45) is 9.77. The Bertz CT molecular complexity index is 510. The minimum Gasteiger partial charge on any atom is -0.350 e. The van der Waals surface area contributed by atoms with Crippen LogP contribution in [0.2, 0.25) is 0 Å². The molecule has 118 valence electrons. The molecule has 1 heterocycles. The molecule has 0 spiro atoms. The molecule has 4 aliphatic rings. The van der Waals surface area contributed by atoms with E-state index in [2.05, 4.69) is 10.3 Å². The molecule has 4 bridgehead atoms. The molecule has 4 fully saturated rings. The van der Waals surface area contributed by atoms with Crippen molar-refractivity contribution in [2.75, 3.05) is 5.75 Å². The average molecular weight is 316 g/mol. The van der Waals surface area contributed by atoms with Crippen LogP contribution in [0.1, 0.15) is 44.2 Å². The smallest absolute Gasteiger partial charge is 0.230 e. The van der Waals surface area contributed by atoms with Crippen molar-refractivity contribution in [1.82, 2.24) is 10.3 Å². The fourth-order valence-corrected chi connectivity index (χ4v) is 6.07. The van der Waals surface area contributed by atoms with Gasteiger partial charge < -0.3 is 5.32 Å². The van der Waals surface area contributed by atoms with E-state index in [9.17, 15) is 4.79 Å². The van der Waals surface area contributed by atoms with Crippen molar-refractivity contribution in [3.05, 3.63) is 30.1 Å². The van der Waals surface area contributed by atoms with Crippen molar-refractivity contribution in [2.24, 2.45) is 17.8 Å². The standard InChI is InChI=1S/C18H24N2OS/c21-17(12-22-11-16-3-1-2-4-19-16)20-18-8-13-5-14(9-18)7-15(6-13)10-18/h1-4,13-15H,5-12H2,(H,20,21). The monoisotopic (exact) mass is 316 g/mol. The van der Waals surface area contributed by atoms with Crippen LogP contribution in [0.15, 0.2) is 24.4 Å². The fraction of sp³-hybridized carbons (Fsp3) is 0.667. The Labute approximate surface area is 136 Å². The van der Waals surface area contributed by atoms with Crippen LogP contribution in [-0.2, 0) is 10.5 Å². The second-order valence-corrected chi connectivity index (χ2v) is 8.55. The Balaban J connectivity index is 1.29. The lowest BCUT2D eigenvalue weighted by atomic mass is 9.53. The number of nitrogens with one attached hydrogen (secondary N) is 1. The summed E-state index contributed by atoms with van der Waals surface area (Å²) >= 11 is 1.67. The van der Waals surface area contributed by atoms with Crippen LogP contribution in [0, 0.1) is 17.8 Å². The molecule has 1 aromatic rings. The van der Waals surface area contributed by atoms with Crippen LogP contribution in [0.5, 0.6) is 0 Å². The molecule has 0 atom stereocenters. The number of amides is 1. The molecule has 1 amide bonds. The summed E-state index contributed by atoms with van der Waals surface area (Å²) in [6.45, 7) is 0. The summed E-state index contributed by atoms with van der Waals surface area (Å²) in [4.78, 5) is 16.7. The van der Waals surface area contributed by atoms with Gasteiger partial charge in [0.2, 0.25) is 5.91 Å². The number of carbonyl (C=O) groups is 1. The van der Waals surface area contributed by atoms with Gasteiger partial charge in [-0.25, -0.2) is 0 Å². The Kier molecular flexibility index (Phi) is 3.89. The molecule has 1 N–H and O–H groups in total. The predicted molar refractivity (Wildman–Crippen MR) is 89.4 cm³/mol. The number of nitrogens with zero attached hydrogens (tertiary/aromatic N) is 1. The molecule has 4 aliphatic carbocycles. The molecule has 3 nitrogen and oxygen atoms in total. The molecular weight excluding hydrogens is 292 g/mol. The van der Waals surface area contributed by atoms with Crippen LogP contribution < -0.4 is 5.32 Å². The Morgan fingerprint density at radius 2 is 1.86 bits per heavy atom. The zero-order valence-corrected chi connectivity index (χ0v) is 13.8. The molecule has 0 aromatic carbocycles. The van der Waals surface area contributed by atoms with Gasteiger partial charge >= 0.3 is 0 Å². The maximum absolute atomic E-state index is 12.4. The molecule has 0 radical (unpaired) electrons. The van der Waals surface area contributed by atoms with Crippen molar-refractivity contribution in [1.29, 1.82) is 0 Å². The summed E-state index contributed by atoms with van der Waals surface area (Å²) in [5.74, 6) is 4.24. The lowest BCUT2D eigenvalue weighted by molar-refractivity contribution is -0.124. The average Bonchev–Trinajstić information content (AvgIpc) is 2.46. The first-order valence-corrected chi connectivity index (χ1v) is 9.65. The van der Waals surface area contributed by atoms with E-state index in [1.165, 1.54) is 38.5 Å². The van der Waals surface area contributed by atoms with Gasteiger partial charge in [-0.15, -0.1) is 11.8 Å². The highest BCUT2D eigenvalue weighted by Crippen LogP contribution is 2.55. The largest absolute Gasteiger partial charge is 0.350 e. The minimum absolute atomic E-state index is 0.150. The number of hydrogen-bond donors (Lipinski definition) is 1. The van der Waals surface area contributed by atoms with E-state index >= 15 is 0 Å². The molecule has 1 aromatic heterocycles. The van der Waals surface area contributed by atoms with Crippen LogP contribution in [0.3, 0.4) is 0 Å². The number of rotatable bonds is 5. The summed E-state index contributed by atoms with van der Waals surface area (Å²) < 4.78 is 0. The quantitative estimate of drug-likeness (QED) is 0.905. The Morgan fingerprint density at radius 1 is 1.18 bits per heavy atom. The second kappa shape index (κ2) is 5.88. The summed E-state index contributed by atoms with van der Waals surface area (Å²) in [5.41, 5.74) is 1.20. The van der Waals surface area contributed by atoms with E-state index in [0.29, 0.717) is 5.75 Å². The molecule has 0 unspecified atom stereocenters. The SMILES string of the molecule is O=C(CSCc1ccccn1)NC12CC3CC(CC(C3)C1)C2. The predicted octanol–water partition coefficient (Wildman–Crippen LogP) is 3.40. The number of pyridine rings is 1. The first kappa shape index (κ1) is 14.6. The molecule has 22 heavy (non-hydrogen) atoms. The summed E-state index contributed by atoms with van der Waals surface area (Å²) in [5, 5.41) is 3.43. The van der Waals surface area contributed by atoms with Crippen LogP contribution in [0.4, 0.5) is 0 Å². The first-order valence-electron chi connectivity index (χ1n) is 8.49. The third-order valence-corrected chi connectivity index (χ3v) is 6.62. The fourth-order valence-electron chi connectivity index (χ4n) is 5.33. The number of thioether (sulfide) groups is 1. The lowest BCUT2D eigenvalue weighted by Crippen LogP contribution is -2.60.